The zero-order valence-electron chi connectivity index (χ0n) is 9.47. The van der Waals surface area contributed by atoms with Crippen LogP contribution < -0.4 is 0 Å². The Balaban J connectivity index is 4.43. The fourth-order valence-corrected chi connectivity index (χ4v) is 0.498. The van der Waals surface area contributed by atoms with E-state index in [2.05, 4.69) is 4.84 Å². The van der Waals surface area contributed by atoms with Crippen molar-refractivity contribution in [3.8, 4) is 0 Å². The summed E-state index contributed by atoms with van der Waals surface area (Å²) in [6.07, 6.45) is -2.33. The van der Waals surface area contributed by atoms with Gasteiger partial charge in [-0.1, -0.05) is 0 Å². The van der Waals surface area contributed by atoms with Gasteiger partial charge in [0, 0.05) is 19.3 Å². The first-order valence-corrected chi connectivity index (χ1v) is 4.25. The van der Waals surface area contributed by atoms with Crippen molar-refractivity contribution in [3.63, 3.8) is 0 Å². The van der Waals surface area contributed by atoms with Gasteiger partial charge in [0.15, 0.2) is 0 Å². The van der Waals surface area contributed by atoms with E-state index in [4.69, 9.17) is 9.94 Å². The van der Waals surface area contributed by atoms with Crippen LogP contribution in [0, 0.1) is 0 Å². The molecule has 0 aromatic rings. The molecule has 0 bridgehead atoms. The van der Waals surface area contributed by atoms with E-state index in [0.717, 1.165) is 4.90 Å². The molecule has 0 rings (SSSR count). The average molecular weight is 220 g/mol. The highest BCUT2D eigenvalue weighted by Crippen LogP contribution is 2.11. The van der Waals surface area contributed by atoms with Crippen LogP contribution in [0.4, 0.5) is 9.59 Å². The summed E-state index contributed by atoms with van der Waals surface area (Å²) in [6.45, 7) is 4.89. The summed E-state index contributed by atoms with van der Waals surface area (Å²) in [5.74, 6) is 0. The minimum Gasteiger partial charge on any atom is -0.461 e. The summed E-state index contributed by atoms with van der Waals surface area (Å²) < 4.78 is 0. The summed E-state index contributed by atoms with van der Waals surface area (Å²) in [5.41, 5.74) is -0.773. The molecule has 15 heavy (non-hydrogen) atoms. The quantitative estimate of drug-likeness (QED) is 0.674. The van der Waals surface area contributed by atoms with Crippen molar-refractivity contribution in [2.24, 2.45) is 0 Å². The number of amides is 2. The monoisotopic (exact) mass is 220 g/mol. The van der Waals surface area contributed by atoms with Gasteiger partial charge in [0.05, 0.1) is 5.60 Å². The molecule has 0 aliphatic carbocycles. The molecule has 0 fully saturated rings. The molecule has 0 atom stereocenters. The number of carbonyl (C=O) groups excluding carboxylic acids is 1. The Bertz CT molecular complexity index is 246. The predicted octanol–water partition coefficient (Wildman–Crippen LogP) is 1.31. The van der Waals surface area contributed by atoms with Crippen LogP contribution >= 0.6 is 0 Å². The van der Waals surface area contributed by atoms with Gasteiger partial charge in [-0.05, 0) is 20.8 Å². The molecule has 7 nitrogen and oxygen atoms in total. The first-order valence-electron chi connectivity index (χ1n) is 4.25. The summed E-state index contributed by atoms with van der Waals surface area (Å²) in [4.78, 5) is 32.1. The number of carbonyl (C=O) groups is 2. The van der Waals surface area contributed by atoms with Gasteiger partial charge in [-0.3, -0.25) is 4.84 Å². The Kier molecular flexibility index (Phi) is 4.35. The highest BCUT2D eigenvalue weighted by Gasteiger charge is 2.26. The summed E-state index contributed by atoms with van der Waals surface area (Å²) in [7, 11) is 2.86. The zero-order valence-corrected chi connectivity index (χ0v) is 9.47. The smallest absolute Gasteiger partial charge is 0.461 e. The summed E-state index contributed by atoms with van der Waals surface area (Å²) in [5, 5.41) is 8.81. The van der Waals surface area contributed by atoms with Crippen molar-refractivity contribution in [1.82, 2.24) is 10.1 Å². The molecule has 0 saturated carbocycles. The molecule has 0 heterocycles. The van der Waals surface area contributed by atoms with E-state index < -0.39 is 17.8 Å². The number of carboxylic acid groups (broad SMARTS) is 1. The lowest BCUT2D eigenvalue weighted by Crippen LogP contribution is -2.41. The highest BCUT2D eigenvalue weighted by atomic mass is 17.0. The van der Waals surface area contributed by atoms with Crippen molar-refractivity contribution in [2.75, 3.05) is 14.1 Å². The Labute approximate surface area is 88.1 Å². The van der Waals surface area contributed by atoms with Gasteiger partial charge in [-0.2, -0.15) is 0 Å². The molecular formula is C8H16N2O5. The van der Waals surface area contributed by atoms with Crippen LogP contribution in [0.5, 0.6) is 0 Å². The molecule has 1 N–H and O–H groups in total. The van der Waals surface area contributed by atoms with E-state index in [0.29, 0.717) is 0 Å². The van der Waals surface area contributed by atoms with Gasteiger partial charge in [-0.15, -0.1) is 0 Å². The minimum absolute atomic E-state index is 0.141. The Morgan fingerprint density at radius 1 is 1.20 bits per heavy atom. The molecule has 7 heteroatoms. The molecule has 0 aromatic carbocycles. The molecule has 2 amide bonds. The standard InChI is InChI=1S/C8H16N2O5/c1-8(2,3)15-10(6(11)12)14-7(13)9(4)5/h1-5H3,(H,11,12). The van der Waals surface area contributed by atoms with Gasteiger partial charge in [0.25, 0.3) is 0 Å². The van der Waals surface area contributed by atoms with Crippen molar-refractivity contribution < 1.29 is 24.4 Å². The van der Waals surface area contributed by atoms with Gasteiger partial charge < -0.3 is 10.0 Å². The topological polar surface area (TPSA) is 79.3 Å². The fourth-order valence-electron chi connectivity index (χ4n) is 0.498. The second-order valence-corrected chi connectivity index (χ2v) is 3.99. The van der Waals surface area contributed by atoms with Gasteiger partial charge in [-0.25, -0.2) is 14.4 Å². The first kappa shape index (κ1) is 13.5. The van der Waals surface area contributed by atoms with Crippen LogP contribution in [0.2, 0.25) is 0 Å². The predicted molar refractivity (Wildman–Crippen MR) is 50.9 cm³/mol. The van der Waals surface area contributed by atoms with Crippen LogP contribution in [0.1, 0.15) is 20.8 Å². The van der Waals surface area contributed by atoms with Crippen LogP contribution in [0.15, 0.2) is 0 Å². The lowest BCUT2D eigenvalue weighted by Gasteiger charge is -2.26. The van der Waals surface area contributed by atoms with Crippen molar-refractivity contribution >= 4 is 12.2 Å². The molecule has 0 radical (unpaired) electrons. The first-order chi connectivity index (χ1) is 6.63. The molecule has 0 aromatic heterocycles. The van der Waals surface area contributed by atoms with E-state index in [1.165, 1.54) is 14.1 Å². The number of hydrogen-bond acceptors (Lipinski definition) is 4. The lowest BCUT2D eigenvalue weighted by molar-refractivity contribution is -0.342. The molecule has 88 valence electrons. The van der Waals surface area contributed by atoms with Crippen LogP contribution in [-0.2, 0) is 9.68 Å². The van der Waals surface area contributed by atoms with Gasteiger partial charge in [0.1, 0.15) is 0 Å². The van der Waals surface area contributed by atoms with Crippen molar-refractivity contribution in [1.29, 1.82) is 0 Å². The van der Waals surface area contributed by atoms with Crippen LogP contribution in [-0.4, -0.2) is 47.1 Å². The molecule has 0 saturated heterocycles. The summed E-state index contributed by atoms with van der Waals surface area (Å²) in [6, 6.07) is 0. The molecular weight excluding hydrogens is 204 g/mol. The maximum Gasteiger partial charge on any atom is 0.467 e. The Hall–Kier alpha value is -1.50. The van der Waals surface area contributed by atoms with E-state index in [1.54, 1.807) is 20.8 Å². The molecule has 0 aliphatic heterocycles. The molecule has 0 spiro atoms. The second kappa shape index (κ2) is 4.83. The SMILES string of the molecule is CN(C)C(=O)ON(OC(C)(C)C)C(=O)O. The maximum atomic E-state index is 11.1. The van der Waals surface area contributed by atoms with Gasteiger partial charge >= 0.3 is 12.2 Å². The van der Waals surface area contributed by atoms with Crippen LogP contribution in [0.3, 0.4) is 0 Å². The average Bonchev–Trinajstić information content (AvgIpc) is 1.99. The number of hydroxylamine groups is 2. The van der Waals surface area contributed by atoms with E-state index >= 15 is 0 Å². The van der Waals surface area contributed by atoms with Gasteiger partial charge in [0.2, 0.25) is 0 Å². The van der Waals surface area contributed by atoms with Crippen molar-refractivity contribution in [3.05, 3.63) is 0 Å². The number of hydrogen-bond donors (Lipinski definition) is 1. The summed E-state index contributed by atoms with van der Waals surface area (Å²) >= 11 is 0. The lowest BCUT2D eigenvalue weighted by atomic mass is 10.2. The maximum absolute atomic E-state index is 11.1. The normalized spacial score (nSPS) is 10.7. The number of rotatable bonds is 1. The third-order valence-electron chi connectivity index (χ3n) is 1.04. The minimum atomic E-state index is -1.50. The Morgan fingerprint density at radius 3 is 1.93 bits per heavy atom. The zero-order chi connectivity index (χ0) is 12.2. The molecule has 0 aliphatic rings. The van der Waals surface area contributed by atoms with E-state index in [9.17, 15) is 9.59 Å². The highest BCUT2D eigenvalue weighted by molar-refractivity contribution is 5.70. The van der Waals surface area contributed by atoms with Crippen LogP contribution in [0.25, 0.3) is 0 Å². The van der Waals surface area contributed by atoms with Crippen molar-refractivity contribution in [2.45, 2.75) is 26.4 Å². The molecule has 0 unspecified atom stereocenters. The van der Waals surface area contributed by atoms with E-state index in [-0.39, 0.29) is 5.23 Å². The largest absolute Gasteiger partial charge is 0.467 e. The van der Waals surface area contributed by atoms with E-state index in [1.807, 2.05) is 0 Å². The second-order valence-electron chi connectivity index (χ2n) is 3.99. The third-order valence-corrected chi connectivity index (χ3v) is 1.04. The fraction of sp³-hybridized carbons (Fsp3) is 0.750. The Morgan fingerprint density at radius 2 is 1.67 bits per heavy atom. The number of nitrogens with zero attached hydrogens (tertiary/aromatic N) is 2. The third kappa shape index (κ3) is 5.74.